The Morgan fingerprint density at radius 2 is 2.00 bits per heavy atom. The molecule has 0 N–H and O–H groups in total. The van der Waals surface area contributed by atoms with Gasteiger partial charge in [-0.15, -0.1) is 0 Å². The van der Waals surface area contributed by atoms with E-state index in [9.17, 15) is 8.78 Å². The van der Waals surface area contributed by atoms with Crippen LogP contribution in [-0.2, 0) is 0 Å². The lowest BCUT2D eigenvalue weighted by atomic mass is 10.3. The van der Waals surface area contributed by atoms with E-state index in [4.69, 9.17) is 11.6 Å². The van der Waals surface area contributed by atoms with E-state index < -0.39 is 6.55 Å². The van der Waals surface area contributed by atoms with Crippen molar-refractivity contribution in [1.29, 1.82) is 0 Å². The van der Waals surface area contributed by atoms with E-state index in [2.05, 4.69) is 5.10 Å². The van der Waals surface area contributed by atoms with Crippen LogP contribution in [-0.4, -0.2) is 9.78 Å². The molecule has 0 unspecified atom stereocenters. The molecule has 0 aliphatic rings. The zero-order valence-electron chi connectivity index (χ0n) is 6.11. The van der Waals surface area contributed by atoms with Crippen molar-refractivity contribution >= 4 is 11.6 Å². The van der Waals surface area contributed by atoms with E-state index in [1.807, 2.05) is 0 Å². The lowest BCUT2D eigenvalue weighted by Gasteiger charge is -2.00. The molecule has 1 heterocycles. The summed E-state index contributed by atoms with van der Waals surface area (Å²) in [5, 5.41) is 3.58. The van der Waals surface area contributed by atoms with Crippen molar-refractivity contribution in [2.75, 3.05) is 0 Å². The van der Waals surface area contributed by atoms with Gasteiger partial charge >= 0.3 is 6.55 Å². The molecule has 0 amide bonds. The quantitative estimate of drug-likeness (QED) is 0.650. The Labute approximate surface area is 67.8 Å². The number of alkyl halides is 2. The molecule has 1 rings (SSSR count). The van der Waals surface area contributed by atoms with Crippen LogP contribution >= 0.6 is 11.6 Å². The van der Waals surface area contributed by atoms with Crippen molar-refractivity contribution in [2.24, 2.45) is 0 Å². The summed E-state index contributed by atoms with van der Waals surface area (Å²) < 4.78 is 24.7. The van der Waals surface area contributed by atoms with Gasteiger partial charge in [-0.2, -0.15) is 13.9 Å². The predicted molar refractivity (Wildman–Crippen MR) is 38.0 cm³/mol. The van der Waals surface area contributed by atoms with E-state index in [1.165, 1.54) is 0 Å². The van der Waals surface area contributed by atoms with Crippen molar-refractivity contribution in [1.82, 2.24) is 9.78 Å². The fourth-order valence-corrected chi connectivity index (χ4v) is 0.974. The first-order chi connectivity index (χ1) is 5.04. The first-order valence-corrected chi connectivity index (χ1v) is 3.41. The molecule has 0 fully saturated rings. The normalized spacial score (nSPS) is 11.1. The van der Waals surface area contributed by atoms with E-state index in [0.29, 0.717) is 15.9 Å². The van der Waals surface area contributed by atoms with Crippen molar-refractivity contribution in [2.45, 2.75) is 20.4 Å². The van der Waals surface area contributed by atoms with Gasteiger partial charge in [0, 0.05) is 11.3 Å². The third kappa shape index (κ3) is 1.35. The van der Waals surface area contributed by atoms with Gasteiger partial charge in [-0.25, -0.2) is 4.68 Å². The van der Waals surface area contributed by atoms with Gasteiger partial charge < -0.3 is 0 Å². The third-order valence-electron chi connectivity index (χ3n) is 1.58. The first-order valence-electron chi connectivity index (χ1n) is 3.03. The molecule has 0 atom stereocenters. The summed E-state index contributed by atoms with van der Waals surface area (Å²) in [4.78, 5) is 0. The van der Waals surface area contributed by atoms with Crippen LogP contribution in [0, 0.1) is 13.8 Å². The van der Waals surface area contributed by atoms with Crippen LogP contribution in [0.5, 0.6) is 0 Å². The Balaban J connectivity index is 3.19. The summed E-state index contributed by atoms with van der Waals surface area (Å²) in [6.45, 7) is 0.602. The molecule has 0 aromatic carbocycles. The van der Waals surface area contributed by atoms with Gasteiger partial charge in [0.2, 0.25) is 0 Å². The Morgan fingerprint density at radius 3 is 2.18 bits per heavy atom. The second-order valence-electron chi connectivity index (χ2n) is 2.22. The molecule has 0 radical (unpaired) electrons. The van der Waals surface area contributed by atoms with Gasteiger partial charge in [0.05, 0.1) is 0 Å². The highest BCUT2D eigenvalue weighted by atomic mass is 35.5. The van der Waals surface area contributed by atoms with Gasteiger partial charge in [0.15, 0.2) is 5.15 Å². The van der Waals surface area contributed by atoms with Crippen LogP contribution in [0.3, 0.4) is 0 Å². The molecule has 62 valence electrons. The minimum atomic E-state index is -2.61. The summed E-state index contributed by atoms with van der Waals surface area (Å²) in [5.41, 5.74) is 1.01. The molecule has 0 aliphatic heterocycles. The molecular formula is C6H7ClF2N2. The maximum absolute atomic E-state index is 12.1. The van der Waals surface area contributed by atoms with Crippen LogP contribution in [0.4, 0.5) is 8.78 Å². The highest BCUT2D eigenvalue weighted by Crippen LogP contribution is 2.21. The molecule has 0 bridgehead atoms. The molecule has 1 aromatic heterocycles. The van der Waals surface area contributed by atoms with Crippen molar-refractivity contribution in [3.8, 4) is 0 Å². The molecule has 0 aliphatic carbocycles. The summed E-state index contributed by atoms with van der Waals surface area (Å²) >= 11 is 5.51. The van der Waals surface area contributed by atoms with Crippen LogP contribution in [0.1, 0.15) is 17.8 Å². The average Bonchev–Trinajstić information content (AvgIpc) is 2.17. The van der Waals surface area contributed by atoms with Crippen LogP contribution in [0.2, 0.25) is 5.15 Å². The van der Waals surface area contributed by atoms with E-state index in [0.717, 1.165) is 0 Å². The standard InChI is InChI=1S/C6H7ClF2N2/c1-3-4(2)11(6(8)9)10-5(3)7/h6H,1-2H3. The van der Waals surface area contributed by atoms with Gasteiger partial charge in [0.25, 0.3) is 0 Å². The van der Waals surface area contributed by atoms with E-state index >= 15 is 0 Å². The molecule has 0 spiro atoms. The fraction of sp³-hybridized carbons (Fsp3) is 0.500. The zero-order chi connectivity index (χ0) is 8.59. The topological polar surface area (TPSA) is 17.8 Å². The summed E-state index contributed by atoms with van der Waals surface area (Å²) in [7, 11) is 0. The molecule has 5 heteroatoms. The number of halogens is 3. The Hall–Kier alpha value is -0.640. The number of hydrogen-bond acceptors (Lipinski definition) is 1. The number of nitrogens with zero attached hydrogens (tertiary/aromatic N) is 2. The third-order valence-corrected chi connectivity index (χ3v) is 1.94. The fourth-order valence-electron chi connectivity index (χ4n) is 0.756. The summed E-state index contributed by atoms with van der Waals surface area (Å²) in [5.74, 6) is 0. The second-order valence-corrected chi connectivity index (χ2v) is 2.58. The molecule has 0 saturated heterocycles. The van der Waals surface area contributed by atoms with Crippen LogP contribution in [0.15, 0.2) is 0 Å². The summed E-state index contributed by atoms with van der Waals surface area (Å²) in [6.07, 6.45) is 0. The summed E-state index contributed by atoms with van der Waals surface area (Å²) in [6, 6.07) is 0. The van der Waals surface area contributed by atoms with E-state index in [-0.39, 0.29) is 5.15 Å². The highest BCUT2D eigenvalue weighted by Gasteiger charge is 2.14. The molecule has 11 heavy (non-hydrogen) atoms. The van der Waals surface area contributed by atoms with Gasteiger partial charge in [0.1, 0.15) is 0 Å². The minimum absolute atomic E-state index is 0.141. The van der Waals surface area contributed by atoms with Gasteiger partial charge in [-0.3, -0.25) is 0 Å². The monoisotopic (exact) mass is 180 g/mol. The van der Waals surface area contributed by atoms with Crippen molar-refractivity contribution in [3.63, 3.8) is 0 Å². The molecule has 0 saturated carbocycles. The number of aromatic nitrogens is 2. The Kier molecular flexibility index (Phi) is 2.13. The predicted octanol–water partition coefficient (Wildman–Crippen LogP) is 2.55. The van der Waals surface area contributed by atoms with E-state index in [1.54, 1.807) is 13.8 Å². The maximum Gasteiger partial charge on any atom is 0.333 e. The Morgan fingerprint density at radius 1 is 1.45 bits per heavy atom. The molecular weight excluding hydrogens is 174 g/mol. The lowest BCUT2D eigenvalue weighted by Crippen LogP contribution is -2.02. The SMILES string of the molecule is Cc1c(Cl)nn(C(F)F)c1C. The largest absolute Gasteiger partial charge is 0.333 e. The molecule has 2 nitrogen and oxygen atoms in total. The average molecular weight is 181 g/mol. The van der Waals surface area contributed by atoms with Gasteiger partial charge in [-0.1, -0.05) is 11.6 Å². The van der Waals surface area contributed by atoms with Crippen molar-refractivity contribution < 1.29 is 8.78 Å². The highest BCUT2D eigenvalue weighted by molar-refractivity contribution is 6.30. The zero-order valence-corrected chi connectivity index (χ0v) is 6.86. The molecule has 1 aromatic rings. The minimum Gasteiger partial charge on any atom is -0.207 e. The van der Waals surface area contributed by atoms with Crippen molar-refractivity contribution in [3.05, 3.63) is 16.4 Å². The second kappa shape index (κ2) is 2.77. The number of rotatable bonds is 1. The maximum atomic E-state index is 12.1. The smallest absolute Gasteiger partial charge is 0.207 e. The Bertz CT molecular complexity index is 270. The van der Waals surface area contributed by atoms with Crippen LogP contribution < -0.4 is 0 Å². The number of hydrogen-bond donors (Lipinski definition) is 0. The van der Waals surface area contributed by atoms with Crippen LogP contribution in [0.25, 0.3) is 0 Å². The first kappa shape index (κ1) is 8.46. The lowest BCUT2D eigenvalue weighted by molar-refractivity contribution is 0.0544. The van der Waals surface area contributed by atoms with Gasteiger partial charge in [-0.05, 0) is 13.8 Å².